The van der Waals surface area contributed by atoms with Crippen molar-refractivity contribution in [3.8, 4) is 5.75 Å². The summed E-state index contributed by atoms with van der Waals surface area (Å²) in [5, 5.41) is 7.10. The van der Waals surface area contributed by atoms with Gasteiger partial charge in [-0.3, -0.25) is 4.79 Å². The zero-order valence-corrected chi connectivity index (χ0v) is 13.4. The van der Waals surface area contributed by atoms with Crippen molar-refractivity contribution in [1.82, 2.24) is 0 Å². The van der Waals surface area contributed by atoms with Gasteiger partial charge in [-0.2, -0.15) is 11.3 Å². The van der Waals surface area contributed by atoms with Gasteiger partial charge in [-0.25, -0.2) is 0 Å². The number of anilines is 1. The molecule has 2 rings (SSSR count). The molecule has 4 nitrogen and oxygen atoms in total. The number of rotatable bonds is 6. The molecule has 0 aliphatic heterocycles. The fourth-order valence-corrected chi connectivity index (χ4v) is 2.86. The minimum Gasteiger partial charge on any atom is -0.495 e. The molecule has 2 aromatic rings. The van der Waals surface area contributed by atoms with Gasteiger partial charge >= 0.3 is 0 Å². The smallest absolute Gasteiger partial charge is 0.279 e. The van der Waals surface area contributed by atoms with Crippen molar-refractivity contribution in [3.05, 3.63) is 46.2 Å². The Hall–Kier alpha value is -1.85. The summed E-state index contributed by atoms with van der Waals surface area (Å²) in [6.45, 7) is 3.26. The number of thiophene rings is 1. The molecule has 2 N–H and O–H groups in total. The van der Waals surface area contributed by atoms with Crippen LogP contribution in [-0.2, 0) is 11.3 Å². The molecule has 0 aliphatic carbocycles. The molecule has 1 heterocycles. The monoisotopic (exact) mass is 305 g/mol. The number of aryl methyl sites for hydroxylation is 1. The van der Waals surface area contributed by atoms with E-state index in [1.54, 1.807) is 18.4 Å². The lowest BCUT2D eigenvalue weighted by Gasteiger charge is -2.14. The van der Waals surface area contributed by atoms with E-state index in [-0.39, 0.29) is 5.91 Å². The van der Waals surface area contributed by atoms with Crippen molar-refractivity contribution in [2.45, 2.75) is 13.5 Å². The first-order chi connectivity index (χ1) is 10.1. The minimum atomic E-state index is -0.00775. The fraction of sp³-hybridized carbons (Fsp3) is 0.312. The Balaban J connectivity index is 1.93. The molecular weight excluding hydrogens is 284 g/mol. The quantitative estimate of drug-likeness (QED) is 0.853. The van der Waals surface area contributed by atoms with E-state index in [1.807, 2.05) is 32.2 Å². The first-order valence-corrected chi connectivity index (χ1v) is 7.79. The third kappa shape index (κ3) is 4.58. The molecule has 1 atom stereocenters. The van der Waals surface area contributed by atoms with Gasteiger partial charge in [0, 0.05) is 5.56 Å². The highest BCUT2D eigenvalue weighted by Crippen LogP contribution is 2.24. The standard InChI is InChI=1S/C16H20N2O2S/c1-12-4-5-15(20-3)14(8-12)17-16(19)10-18(2)9-13-6-7-21-11-13/h4-8,11H,9-10H2,1-3H3,(H,17,19)/p+1. The Kier molecular flexibility index (Phi) is 5.36. The number of quaternary nitrogens is 1. The number of likely N-dealkylation sites (N-methyl/N-ethyl adjacent to an activating group) is 1. The average Bonchev–Trinajstić information content (AvgIpc) is 2.91. The van der Waals surface area contributed by atoms with E-state index < -0.39 is 0 Å². The van der Waals surface area contributed by atoms with E-state index in [0.29, 0.717) is 12.3 Å². The number of hydrogen-bond donors (Lipinski definition) is 2. The van der Waals surface area contributed by atoms with Crippen molar-refractivity contribution in [2.24, 2.45) is 0 Å². The zero-order chi connectivity index (χ0) is 15.2. The van der Waals surface area contributed by atoms with E-state index in [9.17, 15) is 4.79 Å². The van der Waals surface area contributed by atoms with Gasteiger partial charge in [0.15, 0.2) is 6.54 Å². The summed E-state index contributed by atoms with van der Waals surface area (Å²) in [6.07, 6.45) is 0. The van der Waals surface area contributed by atoms with Gasteiger partial charge in [-0.15, -0.1) is 0 Å². The third-order valence-electron chi connectivity index (χ3n) is 3.18. The highest BCUT2D eigenvalue weighted by atomic mass is 32.1. The van der Waals surface area contributed by atoms with Gasteiger partial charge in [0.05, 0.1) is 19.8 Å². The maximum atomic E-state index is 12.1. The molecule has 1 aromatic heterocycles. The largest absolute Gasteiger partial charge is 0.495 e. The lowest BCUT2D eigenvalue weighted by Crippen LogP contribution is -3.08. The number of benzene rings is 1. The first kappa shape index (κ1) is 15.5. The third-order valence-corrected chi connectivity index (χ3v) is 3.91. The van der Waals surface area contributed by atoms with Crippen LogP contribution in [0.3, 0.4) is 0 Å². The molecule has 0 saturated carbocycles. The highest BCUT2D eigenvalue weighted by Gasteiger charge is 2.13. The average molecular weight is 305 g/mol. The lowest BCUT2D eigenvalue weighted by atomic mass is 10.2. The second-order valence-corrected chi connectivity index (χ2v) is 5.97. The number of methoxy groups -OCH3 is 1. The van der Waals surface area contributed by atoms with Crippen LogP contribution in [-0.4, -0.2) is 26.6 Å². The number of carbonyl (C=O) groups is 1. The number of nitrogens with one attached hydrogen (secondary N) is 2. The summed E-state index contributed by atoms with van der Waals surface area (Å²) in [4.78, 5) is 13.3. The summed E-state index contributed by atoms with van der Waals surface area (Å²) in [5.74, 6) is 0.677. The Morgan fingerprint density at radius 2 is 2.19 bits per heavy atom. The second-order valence-electron chi connectivity index (χ2n) is 5.19. The Labute approximate surface area is 129 Å². The molecule has 112 valence electrons. The van der Waals surface area contributed by atoms with Crippen LogP contribution >= 0.6 is 11.3 Å². The molecule has 5 heteroatoms. The maximum Gasteiger partial charge on any atom is 0.279 e. The van der Waals surface area contributed by atoms with Gasteiger partial charge < -0.3 is 15.0 Å². The zero-order valence-electron chi connectivity index (χ0n) is 12.6. The molecule has 0 radical (unpaired) electrons. The molecule has 0 aliphatic rings. The summed E-state index contributed by atoms with van der Waals surface area (Å²) >= 11 is 1.68. The second kappa shape index (κ2) is 7.24. The number of hydrogen-bond acceptors (Lipinski definition) is 3. The van der Waals surface area contributed by atoms with Crippen LogP contribution in [0.2, 0.25) is 0 Å². The van der Waals surface area contributed by atoms with Crippen molar-refractivity contribution in [3.63, 3.8) is 0 Å². The van der Waals surface area contributed by atoms with Crippen LogP contribution in [0.25, 0.3) is 0 Å². The van der Waals surface area contributed by atoms with Crippen LogP contribution < -0.4 is 15.0 Å². The summed E-state index contributed by atoms with van der Waals surface area (Å²) in [7, 11) is 3.62. The van der Waals surface area contributed by atoms with Crippen LogP contribution in [0, 0.1) is 6.92 Å². The molecule has 1 amide bonds. The van der Waals surface area contributed by atoms with E-state index in [2.05, 4.69) is 22.1 Å². The SMILES string of the molecule is COc1ccc(C)cc1NC(=O)C[NH+](C)Cc1ccsc1. The molecule has 21 heavy (non-hydrogen) atoms. The Morgan fingerprint density at radius 1 is 1.38 bits per heavy atom. The van der Waals surface area contributed by atoms with Crippen LogP contribution in [0.4, 0.5) is 5.69 Å². The topological polar surface area (TPSA) is 42.8 Å². The van der Waals surface area contributed by atoms with Crippen LogP contribution in [0.5, 0.6) is 5.75 Å². The van der Waals surface area contributed by atoms with Gasteiger partial charge in [-0.05, 0) is 41.4 Å². The molecule has 1 aromatic carbocycles. The number of ether oxygens (including phenoxy) is 1. The van der Waals surface area contributed by atoms with E-state index >= 15 is 0 Å². The van der Waals surface area contributed by atoms with Gasteiger partial charge in [-0.1, -0.05) is 6.07 Å². The van der Waals surface area contributed by atoms with Gasteiger partial charge in [0.25, 0.3) is 5.91 Å². The molecule has 0 saturated heterocycles. The molecular formula is C16H21N2O2S+. The number of carbonyl (C=O) groups excluding carboxylic acids is 1. The van der Waals surface area contributed by atoms with Crippen molar-refractivity contribution in [2.75, 3.05) is 26.0 Å². The minimum absolute atomic E-state index is 0.00775. The lowest BCUT2D eigenvalue weighted by molar-refractivity contribution is -0.885. The normalized spacial score (nSPS) is 12.0. The van der Waals surface area contributed by atoms with Crippen molar-refractivity contribution < 1.29 is 14.4 Å². The van der Waals surface area contributed by atoms with Crippen LogP contribution in [0.15, 0.2) is 35.0 Å². The summed E-state index contributed by atoms with van der Waals surface area (Å²) in [6, 6.07) is 7.84. The predicted octanol–water partition coefficient (Wildman–Crippen LogP) is 1.72. The molecule has 0 fully saturated rings. The van der Waals surface area contributed by atoms with Gasteiger partial charge in [0.2, 0.25) is 0 Å². The molecule has 0 spiro atoms. The van der Waals surface area contributed by atoms with E-state index in [1.165, 1.54) is 5.56 Å². The summed E-state index contributed by atoms with van der Waals surface area (Å²) < 4.78 is 5.27. The Morgan fingerprint density at radius 3 is 2.86 bits per heavy atom. The molecule has 0 bridgehead atoms. The first-order valence-electron chi connectivity index (χ1n) is 6.85. The maximum absolute atomic E-state index is 12.1. The highest BCUT2D eigenvalue weighted by molar-refractivity contribution is 7.07. The number of amides is 1. The fourth-order valence-electron chi connectivity index (χ4n) is 2.19. The van der Waals surface area contributed by atoms with E-state index in [0.717, 1.165) is 22.7 Å². The van der Waals surface area contributed by atoms with Crippen molar-refractivity contribution in [1.29, 1.82) is 0 Å². The van der Waals surface area contributed by atoms with Crippen LogP contribution in [0.1, 0.15) is 11.1 Å². The predicted molar refractivity (Wildman–Crippen MR) is 86.1 cm³/mol. The van der Waals surface area contributed by atoms with Gasteiger partial charge in [0.1, 0.15) is 12.3 Å². The Bertz CT molecular complexity index is 596. The molecule has 1 unspecified atom stereocenters. The van der Waals surface area contributed by atoms with E-state index in [4.69, 9.17) is 4.74 Å². The summed E-state index contributed by atoms with van der Waals surface area (Å²) in [5.41, 5.74) is 3.08. The van der Waals surface area contributed by atoms with Crippen molar-refractivity contribution >= 4 is 22.9 Å².